The summed E-state index contributed by atoms with van der Waals surface area (Å²) in [4.78, 5) is 18.5. The Balaban J connectivity index is 0.000000183. The first-order valence-electron chi connectivity index (χ1n) is 10.4. The Labute approximate surface area is 193 Å². The van der Waals surface area contributed by atoms with Crippen LogP contribution >= 0.6 is 11.6 Å². The van der Waals surface area contributed by atoms with E-state index in [2.05, 4.69) is 31.3 Å². The molecule has 32 heavy (non-hydrogen) atoms. The molecule has 164 valence electrons. The molecule has 8 heteroatoms. The molecule has 1 N–H and O–H groups in total. The lowest BCUT2D eigenvalue weighted by Gasteiger charge is -2.17. The van der Waals surface area contributed by atoms with E-state index in [-0.39, 0.29) is 0 Å². The van der Waals surface area contributed by atoms with Gasteiger partial charge < -0.3 is 10.2 Å². The predicted octanol–water partition coefficient (Wildman–Crippen LogP) is 5.47. The van der Waals surface area contributed by atoms with E-state index in [9.17, 15) is 0 Å². The van der Waals surface area contributed by atoms with Crippen LogP contribution in [-0.2, 0) is 6.54 Å². The van der Waals surface area contributed by atoms with Gasteiger partial charge in [-0.15, -0.1) is 0 Å². The molecule has 1 aliphatic rings. The molecule has 0 amide bonds. The second-order valence-electron chi connectivity index (χ2n) is 7.63. The number of rotatable bonds is 5. The second-order valence-corrected chi connectivity index (χ2v) is 8.01. The van der Waals surface area contributed by atoms with Gasteiger partial charge in [-0.05, 0) is 56.5 Å². The first-order chi connectivity index (χ1) is 15.4. The number of hydrogen-bond acceptors (Lipinski definition) is 6. The molecule has 0 aliphatic heterocycles. The van der Waals surface area contributed by atoms with E-state index >= 15 is 0 Å². The molecule has 0 bridgehead atoms. The first-order valence-corrected chi connectivity index (χ1v) is 10.7. The molecule has 4 rings (SSSR count). The smallest absolute Gasteiger partial charge is 0.227 e. The molecule has 2 heterocycles. The van der Waals surface area contributed by atoms with Crippen LogP contribution < -0.4 is 5.32 Å². The zero-order valence-electron chi connectivity index (χ0n) is 18.5. The Hall–Kier alpha value is -3.50. The number of pyridine rings is 1. The molecule has 0 atom stereocenters. The van der Waals surface area contributed by atoms with Crippen molar-refractivity contribution >= 4 is 29.1 Å². The van der Waals surface area contributed by atoms with Crippen LogP contribution in [0.1, 0.15) is 42.6 Å². The van der Waals surface area contributed by atoms with E-state index in [0.717, 1.165) is 16.9 Å². The maximum atomic E-state index is 8.39. The predicted molar refractivity (Wildman–Crippen MR) is 128 cm³/mol. The van der Waals surface area contributed by atoms with Crippen molar-refractivity contribution in [3.63, 3.8) is 0 Å². The Kier molecular flexibility index (Phi) is 8.12. The van der Waals surface area contributed by atoms with Gasteiger partial charge in [0.25, 0.3) is 0 Å². The molecule has 1 saturated carbocycles. The van der Waals surface area contributed by atoms with E-state index in [4.69, 9.17) is 16.9 Å². The molecule has 0 radical (unpaired) electrons. The van der Waals surface area contributed by atoms with Crippen LogP contribution in [0.5, 0.6) is 0 Å². The number of nitrogens with zero attached hydrogens (tertiary/aromatic N) is 6. The van der Waals surface area contributed by atoms with Crippen LogP contribution in [0.2, 0.25) is 5.15 Å². The van der Waals surface area contributed by atoms with Gasteiger partial charge in [-0.1, -0.05) is 35.9 Å². The maximum Gasteiger partial charge on any atom is 0.227 e. The first kappa shape index (κ1) is 23.2. The number of halogens is 1. The SMILES string of the molecule is C/C(=N\C#N)N(C)Cc1ccc(Cl)nc1.Cc1cc(C2CC2)nc(Nc2ccccc2)n1. The molecule has 2 aromatic heterocycles. The average Bonchev–Trinajstić information content (AvgIpc) is 3.62. The van der Waals surface area contributed by atoms with Gasteiger partial charge in [-0.3, -0.25) is 0 Å². The van der Waals surface area contributed by atoms with Crippen LogP contribution in [0.15, 0.2) is 59.7 Å². The highest BCUT2D eigenvalue weighted by Crippen LogP contribution is 2.39. The third-order valence-corrected chi connectivity index (χ3v) is 5.10. The van der Waals surface area contributed by atoms with Gasteiger partial charge >= 0.3 is 0 Å². The number of nitrogens with one attached hydrogen (secondary N) is 1. The third-order valence-electron chi connectivity index (χ3n) is 4.87. The van der Waals surface area contributed by atoms with E-state index < -0.39 is 0 Å². The minimum absolute atomic E-state index is 0.476. The Morgan fingerprint density at radius 1 is 1.22 bits per heavy atom. The molecule has 1 aliphatic carbocycles. The van der Waals surface area contributed by atoms with Crippen molar-refractivity contribution in [2.24, 2.45) is 4.99 Å². The number of para-hydroxylation sites is 1. The Bertz CT molecular complexity index is 1090. The fourth-order valence-electron chi connectivity index (χ4n) is 2.93. The fraction of sp³-hybridized carbons (Fsp3) is 0.292. The highest BCUT2D eigenvalue weighted by atomic mass is 35.5. The van der Waals surface area contributed by atoms with Gasteiger partial charge in [0.1, 0.15) is 11.0 Å². The summed E-state index contributed by atoms with van der Waals surface area (Å²) < 4.78 is 0. The van der Waals surface area contributed by atoms with Crippen molar-refractivity contribution in [2.45, 2.75) is 39.2 Å². The summed E-state index contributed by atoms with van der Waals surface area (Å²) in [5.41, 5.74) is 4.26. The molecule has 0 unspecified atom stereocenters. The lowest BCUT2D eigenvalue weighted by Crippen LogP contribution is -2.23. The Morgan fingerprint density at radius 2 is 1.97 bits per heavy atom. The van der Waals surface area contributed by atoms with Crippen molar-refractivity contribution < 1.29 is 0 Å². The number of anilines is 2. The summed E-state index contributed by atoms with van der Waals surface area (Å²) in [6, 6.07) is 15.8. The standard InChI is InChI=1S/C14H15N3.C10H11ClN4/c1-10-9-13(11-7-8-11)17-14(15-10)16-12-5-3-2-4-6-12;1-8(14-7-12)15(2)6-9-3-4-10(11)13-5-9/h2-6,9,11H,7-8H2,1H3,(H,15,16,17);3-5H,6H2,1-2H3/b;14-8+. The van der Waals surface area contributed by atoms with Crippen LogP contribution in [0.3, 0.4) is 0 Å². The van der Waals surface area contributed by atoms with E-state index in [1.54, 1.807) is 25.4 Å². The van der Waals surface area contributed by atoms with E-state index in [0.29, 0.717) is 29.4 Å². The van der Waals surface area contributed by atoms with Crippen molar-refractivity contribution in [3.8, 4) is 6.19 Å². The summed E-state index contributed by atoms with van der Waals surface area (Å²) >= 11 is 5.67. The number of aryl methyl sites for hydroxylation is 1. The minimum Gasteiger partial charge on any atom is -0.358 e. The summed E-state index contributed by atoms with van der Waals surface area (Å²) in [5.74, 6) is 2.04. The van der Waals surface area contributed by atoms with Gasteiger partial charge in [0.15, 0.2) is 0 Å². The monoisotopic (exact) mass is 447 g/mol. The summed E-state index contributed by atoms with van der Waals surface area (Å²) in [6.45, 7) is 4.46. The van der Waals surface area contributed by atoms with Crippen molar-refractivity contribution in [1.29, 1.82) is 5.26 Å². The molecule has 1 aromatic carbocycles. The van der Waals surface area contributed by atoms with E-state index in [1.807, 2.05) is 55.3 Å². The minimum atomic E-state index is 0.476. The van der Waals surface area contributed by atoms with Gasteiger partial charge in [0, 0.05) is 42.8 Å². The quantitative estimate of drug-likeness (QED) is 0.241. The van der Waals surface area contributed by atoms with Gasteiger partial charge in [0.2, 0.25) is 12.1 Å². The fourth-order valence-corrected chi connectivity index (χ4v) is 3.05. The molecule has 1 fully saturated rings. The van der Waals surface area contributed by atoms with Crippen LogP contribution in [0.25, 0.3) is 0 Å². The summed E-state index contributed by atoms with van der Waals surface area (Å²) in [6.07, 6.45) is 5.99. The highest BCUT2D eigenvalue weighted by Gasteiger charge is 2.25. The number of amidine groups is 1. The lowest BCUT2D eigenvalue weighted by atomic mass is 10.2. The molecule has 0 spiro atoms. The zero-order chi connectivity index (χ0) is 22.9. The zero-order valence-corrected chi connectivity index (χ0v) is 19.2. The highest BCUT2D eigenvalue weighted by molar-refractivity contribution is 6.29. The second kappa shape index (κ2) is 11.2. The number of hydrogen-bond donors (Lipinski definition) is 1. The lowest BCUT2D eigenvalue weighted by molar-refractivity contribution is 0.497. The molecule has 3 aromatic rings. The van der Waals surface area contributed by atoms with Gasteiger partial charge in [-0.25, -0.2) is 15.0 Å². The number of nitriles is 1. The number of aromatic nitrogens is 3. The van der Waals surface area contributed by atoms with Crippen LogP contribution in [0, 0.1) is 18.4 Å². The van der Waals surface area contributed by atoms with Crippen molar-refractivity contribution in [3.05, 3.63) is 76.8 Å². The van der Waals surface area contributed by atoms with Gasteiger partial charge in [-0.2, -0.15) is 10.3 Å². The third kappa shape index (κ3) is 7.33. The normalized spacial score (nSPS) is 12.9. The number of benzene rings is 1. The number of aliphatic imine (C=N–C) groups is 1. The largest absolute Gasteiger partial charge is 0.358 e. The summed E-state index contributed by atoms with van der Waals surface area (Å²) in [7, 11) is 1.87. The van der Waals surface area contributed by atoms with E-state index in [1.165, 1.54) is 18.5 Å². The van der Waals surface area contributed by atoms with Crippen LogP contribution in [0.4, 0.5) is 11.6 Å². The molecule has 7 nitrogen and oxygen atoms in total. The topological polar surface area (TPSA) is 90.1 Å². The van der Waals surface area contributed by atoms with Crippen LogP contribution in [-0.4, -0.2) is 32.7 Å². The maximum absolute atomic E-state index is 8.39. The van der Waals surface area contributed by atoms with Gasteiger partial charge in [0.05, 0.1) is 0 Å². The molecular formula is C24H26ClN7. The van der Waals surface area contributed by atoms with Crippen molar-refractivity contribution in [2.75, 3.05) is 12.4 Å². The summed E-state index contributed by atoms with van der Waals surface area (Å²) in [5, 5.41) is 12.1. The average molecular weight is 448 g/mol. The Morgan fingerprint density at radius 3 is 2.59 bits per heavy atom. The molecule has 0 saturated heterocycles. The molecular weight excluding hydrogens is 422 g/mol. The van der Waals surface area contributed by atoms with Crippen molar-refractivity contribution in [1.82, 2.24) is 19.9 Å².